The van der Waals surface area contributed by atoms with E-state index in [2.05, 4.69) is 6.92 Å². The molecule has 1 fully saturated rings. The molecule has 1 aromatic rings. The highest BCUT2D eigenvalue weighted by Gasteiger charge is 2.45. The fraction of sp³-hybridized carbons (Fsp3) is 0.679. The van der Waals surface area contributed by atoms with E-state index in [9.17, 15) is 14.4 Å². The number of esters is 2. The summed E-state index contributed by atoms with van der Waals surface area (Å²) in [6.07, 6.45) is 1.23. The number of rotatable bonds is 17. The predicted molar refractivity (Wildman–Crippen MR) is 136 cm³/mol. The molecule has 37 heavy (non-hydrogen) atoms. The zero-order valence-corrected chi connectivity index (χ0v) is 22.8. The quantitative estimate of drug-likeness (QED) is 0.125. The number of hydrogen-bond donors (Lipinski definition) is 0. The first-order valence-corrected chi connectivity index (χ1v) is 12.9. The van der Waals surface area contributed by atoms with Gasteiger partial charge in [-0.05, 0) is 51.5 Å². The summed E-state index contributed by atoms with van der Waals surface area (Å²) in [5.74, 6) is -0.747. The van der Waals surface area contributed by atoms with Crippen LogP contribution in [0.2, 0.25) is 0 Å². The van der Waals surface area contributed by atoms with Crippen LogP contribution in [-0.2, 0) is 38.0 Å². The summed E-state index contributed by atoms with van der Waals surface area (Å²) in [5.41, 5.74) is -0.800. The van der Waals surface area contributed by atoms with Crippen LogP contribution in [0, 0.1) is 10.8 Å². The molecule has 0 spiro atoms. The summed E-state index contributed by atoms with van der Waals surface area (Å²) >= 11 is 0. The van der Waals surface area contributed by atoms with Crippen molar-refractivity contribution in [3.05, 3.63) is 35.9 Å². The Balaban J connectivity index is 2.03. The van der Waals surface area contributed by atoms with Crippen LogP contribution >= 0.6 is 0 Å². The van der Waals surface area contributed by atoms with Crippen molar-refractivity contribution in [3.63, 3.8) is 0 Å². The van der Waals surface area contributed by atoms with Crippen LogP contribution in [0.3, 0.4) is 0 Å². The molecule has 0 aliphatic carbocycles. The minimum Gasteiger partial charge on any atom is -0.462 e. The molecule has 1 saturated heterocycles. The molecular weight excluding hydrogens is 480 g/mol. The van der Waals surface area contributed by atoms with Gasteiger partial charge in [-0.3, -0.25) is 9.59 Å². The third-order valence-corrected chi connectivity index (χ3v) is 6.39. The predicted octanol–water partition coefficient (Wildman–Crippen LogP) is 4.67. The second-order valence-corrected chi connectivity index (χ2v) is 10.3. The number of ether oxygens (including phenoxy) is 6. The Morgan fingerprint density at radius 2 is 1.59 bits per heavy atom. The standard InChI is InChI=1S/C28H42O9/c1-6-21(22-11-8-7-9-12-22)17-28(4,20-27(2,3)24(29)37-19-23-18-36-23)25(30)33-15-16-35-26(31)34-14-10-13-32-5/h7-9,11-12,21,23H,6,10,13-20H2,1-5H3. The number of carbonyl (C=O) groups is 3. The van der Waals surface area contributed by atoms with Gasteiger partial charge < -0.3 is 28.4 Å². The van der Waals surface area contributed by atoms with E-state index in [4.69, 9.17) is 28.4 Å². The van der Waals surface area contributed by atoms with Crippen LogP contribution in [-0.4, -0.2) is 70.9 Å². The molecule has 0 saturated carbocycles. The topological polar surface area (TPSA) is 110 Å². The SMILES string of the molecule is CCC(CC(C)(CC(C)(C)C(=O)OCC1CO1)C(=O)OCCOC(=O)OCCCOC)c1ccccc1. The average Bonchev–Trinajstić information content (AvgIpc) is 3.71. The van der Waals surface area contributed by atoms with E-state index < -0.39 is 23.0 Å². The molecule has 1 heterocycles. The highest BCUT2D eigenvalue weighted by atomic mass is 16.7. The van der Waals surface area contributed by atoms with Gasteiger partial charge in [-0.25, -0.2) is 4.79 Å². The van der Waals surface area contributed by atoms with Crippen LogP contribution in [0.1, 0.15) is 64.9 Å². The number of epoxide rings is 1. The van der Waals surface area contributed by atoms with Crippen molar-refractivity contribution >= 4 is 18.1 Å². The van der Waals surface area contributed by atoms with Crippen LogP contribution in [0.15, 0.2) is 30.3 Å². The zero-order valence-electron chi connectivity index (χ0n) is 22.8. The largest absolute Gasteiger partial charge is 0.508 e. The van der Waals surface area contributed by atoms with E-state index in [1.165, 1.54) is 0 Å². The summed E-state index contributed by atoms with van der Waals surface area (Å²) in [6, 6.07) is 9.98. The van der Waals surface area contributed by atoms with E-state index in [1.54, 1.807) is 21.0 Å². The molecule has 9 heteroatoms. The molecule has 0 aromatic heterocycles. The molecule has 1 aliphatic heterocycles. The Labute approximate surface area is 220 Å². The van der Waals surface area contributed by atoms with Gasteiger partial charge in [-0.15, -0.1) is 0 Å². The molecule has 3 atom stereocenters. The minimum absolute atomic E-state index is 0.0367. The first-order valence-electron chi connectivity index (χ1n) is 12.9. The molecule has 0 N–H and O–H groups in total. The van der Waals surface area contributed by atoms with Gasteiger partial charge in [0.2, 0.25) is 0 Å². The number of hydrogen-bond acceptors (Lipinski definition) is 9. The highest BCUT2D eigenvalue weighted by molar-refractivity contribution is 5.80. The number of carbonyl (C=O) groups excluding carboxylic acids is 3. The van der Waals surface area contributed by atoms with Gasteiger partial charge in [0.05, 0.1) is 24.0 Å². The molecule has 1 aliphatic rings. The number of methoxy groups -OCH3 is 1. The summed E-state index contributed by atoms with van der Waals surface area (Å²) < 4.78 is 30.9. The van der Waals surface area contributed by atoms with E-state index >= 15 is 0 Å². The molecule has 208 valence electrons. The second kappa shape index (κ2) is 14.9. The van der Waals surface area contributed by atoms with Crippen molar-refractivity contribution in [1.29, 1.82) is 0 Å². The van der Waals surface area contributed by atoms with Crippen LogP contribution in [0.4, 0.5) is 4.79 Å². The molecule has 0 bridgehead atoms. The molecular formula is C28H42O9. The molecule has 9 nitrogen and oxygen atoms in total. The lowest BCUT2D eigenvalue weighted by molar-refractivity contribution is -0.164. The van der Waals surface area contributed by atoms with E-state index in [1.807, 2.05) is 37.3 Å². The lowest BCUT2D eigenvalue weighted by Gasteiger charge is -2.36. The maximum atomic E-state index is 13.4. The average molecular weight is 523 g/mol. The summed E-state index contributed by atoms with van der Waals surface area (Å²) in [5, 5.41) is 0. The first-order chi connectivity index (χ1) is 17.6. The van der Waals surface area contributed by atoms with Gasteiger partial charge in [0.25, 0.3) is 0 Å². The smallest absolute Gasteiger partial charge is 0.462 e. The summed E-state index contributed by atoms with van der Waals surface area (Å²) in [7, 11) is 1.57. The van der Waals surface area contributed by atoms with E-state index in [0.29, 0.717) is 26.1 Å². The lowest BCUT2D eigenvalue weighted by atomic mass is 9.68. The normalized spacial score (nSPS) is 17.3. The molecule has 1 aromatic carbocycles. The Bertz CT molecular complexity index is 850. The highest BCUT2D eigenvalue weighted by Crippen LogP contribution is 2.43. The zero-order chi connectivity index (χ0) is 27.3. The van der Waals surface area contributed by atoms with Gasteiger partial charge in [-0.1, -0.05) is 37.3 Å². The second-order valence-electron chi connectivity index (χ2n) is 10.3. The van der Waals surface area contributed by atoms with Crippen molar-refractivity contribution in [1.82, 2.24) is 0 Å². The van der Waals surface area contributed by atoms with E-state index in [0.717, 1.165) is 12.0 Å². The Morgan fingerprint density at radius 1 is 0.946 bits per heavy atom. The first kappa shape index (κ1) is 30.6. The fourth-order valence-electron chi connectivity index (χ4n) is 4.40. The minimum atomic E-state index is -0.990. The Morgan fingerprint density at radius 3 is 2.22 bits per heavy atom. The molecule has 0 amide bonds. The summed E-state index contributed by atoms with van der Waals surface area (Å²) in [4.78, 5) is 38.0. The Kier molecular flexibility index (Phi) is 12.3. The van der Waals surface area contributed by atoms with Gasteiger partial charge in [0, 0.05) is 20.1 Å². The van der Waals surface area contributed by atoms with Crippen molar-refractivity contribution in [2.45, 2.75) is 65.4 Å². The van der Waals surface area contributed by atoms with Gasteiger partial charge in [-0.2, -0.15) is 0 Å². The molecule has 3 unspecified atom stereocenters. The molecule has 0 radical (unpaired) electrons. The fourth-order valence-corrected chi connectivity index (χ4v) is 4.40. The Hall–Kier alpha value is -2.65. The van der Waals surface area contributed by atoms with Gasteiger partial charge in [0.15, 0.2) is 0 Å². The van der Waals surface area contributed by atoms with Crippen molar-refractivity contribution in [2.75, 3.05) is 46.8 Å². The lowest BCUT2D eigenvalue weighted by Crippen LogP contribution is -2.40. The van der Waals surface area contributed by atoms with Gasteiger partial charge >= 0.3 is 18.1 Å². The maximum Gasteiger partial charge on any atom is 0.508 e. The third-order valence-electron chi connectivity index (χ3n) is 6.39. The monoisotopic (exact) mass is 522 g/mol. The third kappa shape index (κ3) is 10.7. The molecule has 2 rings (SSSR count). The van der Waals surface area contributed by atoms with Crippen LogP contribution < -0.4 is 0 Å². The van der Waals surface area contributed by atoms with Crippen LogP contribution in [0.25, 0.3) is 0 Å². The van der Waals surface area contributed by atoms with Crippen molar-refractivity contribution < 1.29 is 42.8 Å². The van der Waals surface area contributed by atoms with Crippen molar-refractivity contribution in [3.8, 4) is 0 Å². The maximum absolute atomic E-state index is 13.4. The summed E-state index contributed by atoms with van der Waals surface area (Å²) in [6.45, 7) is 8.67. The van der Waals surface area contributed by atoms with Crippen molar-refractivity contribution in [2.24, 2.45) is 10.8 Å². The number of benzene rings is 1. The van der Waals surface area contributed by atoms with E-state index in [-0.39, 0.29) is 50.8 Å². The van der Waals surface area contributed by atoms with Crippen LogP contribution in [0.5, 0.6) is 0 Å². The van der Waals surface area contributed by atoms with Gasteiger partial charge in [0.1, 0.15) is 25.9 Å².